The first kappa shape index (κ1) is 18.0. The third-order valence-electron chi connectivity index (χ3n) is 3.14. The lowest BCUT2D eigenvalue weighted by Crippen LogP contribution is -2.32. The van der Waals surface area contributed by atoms with Crippen molar-refractivity contribution in [2.75, 3.05) is 11.5 Å². The second-order valence-corrected chi connectivity index (χ2v) is 9.99. The van der Waals surface area contributed by atoms with Crippen molar-refractivity contribution in [1.82, 2.24) is 0 Å². The number of thioether (sulfide) groups is 1. The molecule has 0 radical (unpaired) electrons. The lowest BCUT2D eigenvalue weighted by atomic mass is 10.1. The molecule has 6 heteroatoms. The van der Waals surface area contributed by atoms with Crippen LogP contribution in [0, 0.1) is 0 Å². The van der Waals surface area contributed by atoms with Crippen molar-refractivity contribution in [2.24, 2.45) is 0 Å². The number of benzene rings is 1. The predicted molar refractivity (Wildman–Crippen MR) is 87.6 cm³/mol. The molecule has 0 saturated heterocycles. The minimum Gasteiger partial charge on any atom is -0.480 e. The van der Waals surface area contributed by atoms with Gasteiger partial charge in [0.25, 0.3) is 0 Å². The zero-order valence-electron chi connectivity index (χ0n) is 12.6. The van der Waals surface area contributed by atoms with Gasteiger partial charge in [-0.15, -0.1) is 11.8 Å². The summed E-state index contributed by atoms with van der Waals surface area (Å²) < 4.78 is 23.2. The van der Waals surface area contributed by atoms with Crippen LogP contribution < -0.4 is 0 Å². The van der Waals surface area contributed by atoms with E-state index in [0.717, 1.165) is 5.56 Å². The molecular formula is C15H22O4S2. The van der Waals surface area contributed by atoms with Crippen LogP contribution in [0.5, 0.6) is 0 Å². The van der Waals surface area contributed by atoms with Gasteiger partial charge in [-0.2, -0.15) is 0 Å². The third-order valence-corrected chi connectivity index (χ3v) is 7.22. The highest BCUT2D eigenvalue weighted by atomic mass is 32.2. The van der Waals surface area contributed by atoms with Crippen molar-refractivity contribution in [3.05, 3.63) is 35.9 Å². The van der Waals surface area contributed by atoms with Crippen molar-refractivity contribution < 1.29 is 18.3 Å². The lowest BCUT2D eigenvalue weighted by molar-refractivity contribution is -0.136. The van der Waals surface area contributed by atoms with Crippen LogP contribution in [0.4, 0.5) is 0 Å². The molecule has 1 atom stereocenters. The van der Waals surface area contributed by atoms with E-state index in [0.29, 0.717) is 12.2 Å². The van der Waals surface area contributed by atoms with Crippen LogP contribution in [0.25, 0.3) is 0 Å². The number of carboxylic acids is 1. The van der Waals surface area contributed by atoms with Gasteiger partial charge in [-0.1, -0.05) is 30.3 Å². The van der Waals surface area contributed by atoms with Crippen molar-refractivity contribution in [3.63, 3.8) is 0 Å². The molecule has 0 fully saturated rings. The van der Waals surface area contributed by atoms with Gasteiger partial charge in [0, 0.05) is 5.75 Å². The fourth-order valence-electron chi connectivity index (χ4n) is 1.65. The molecule has 0 heterocycles. The molecule has 1 rings (SSSR count). The summed E-state index contributed by atoms with van der Waals surface area (Å²) in [7, 11) is -3.21. The van der Waals surface area contributed by atoms with E-state index in [2.05, 4.69) is 0 Å². The maximum Gasteiger partial charge on any atom is 0.316 e. The van der Waals surface area contributed by atoms with Crippen LogP contribution in [-0.4, -0.2) is 41.0 Å². The number of aliphatic carboxylic acids is 1. The van der Waals surface area contributed by atoms with E-state index in [1.807, 2.05) is 30.3 Å². The van der Waals surface area contributed by atoms with Gasteiger partial charge in [-0.05, 0) is 32.8 Å². The van der Waals surface area contributed by atoms with E-state index in [4.69, 9.17) is 0 Å². The summed E-state index contributed by atoms with van der Waals surface area (Å²) >= 11 is 1.19. The highest BCUT2D eigenvalue weighted by Gasteiger charge is 2.29. The Balaban J connectivity index is 2.59. The summed E-state index contributed by atoms with van der Waals surface area (Å²) in [5, 5.41) is 8.63. The summed E-state index contributed by atoms with van der Waals surface area (Å²) in [5.74, 6) is -0.611. The van der Waals surface area contributed by atoms with Gasteiger partial charge in [0.1, 0.15) is 5.25 Å². The van der Waals surface area contributed by atoms with Crippen molar-refractivity contribution in [1.29, 1.82) is 0 Å². The fourth-order valence-corrected chi connectivity index (χ4v) is 4.26. The topological polar surface area (TPSA) is 71.4 Å². The minimum absolute atomic E-state index is 0.000262. The molecule has 0 spiro atoms. The van der Waals surface area contributed by atoms with Gasteiger partial charge in [0.2, 0.25) is 0 Å². The van der Waals surface area contributed by atoms with Crippen LogP contribution >= 0.6 is 11.8 Å². The van der Waals surface area contributed by atoms with E-state index >= 15 is 0 Å². The normalized spacial score (nSPS) is 13.9. The fraction of sp³-hybridized carbons (Fsp3) is 0.533. The highest BCUT2D eigenvalue weighted by Crippen LogP contribution is 2.21. The summed E-state index contributed by atoms with van der Waals surface area (Å²) in [6.45, 7) is 4.98. The van der Waals surface area contributed by atoms with Crippen LogP contribution in [0.1, 0.15) is 26.3 Å². The van der Waals surface area contributed by atoms with Gasteiger partial charge >= 0.3 is 5.97 Å². The number of hydrogen-bond donors (Lipinski definition) is 1. The molecule has 0 bridgehead atoms. The average Bonchev–Trinajstić information content (AvgIpc) is 2.37. The van der Waals surface area contributed by atoms with E-state index in [9.17, 15) is 18.3 Å². The molecule has 0 aliphatic rings. The van der Waals surface area contributed by atoms with Gasteiger partial charge in [0.05, 0.1) is 10.5 Å². The summed E-state index contributed by atoms with van der Waals surface area (Å²) in [5.41, 5.74) is 0.941. The standard InChI is InChI=1S/C15H22O4S2/c1-15(2,3)21(18,19)10-9-20-13(14(16)17)11-12-7-5-4-6-8-12/h4-8,13H,9-11H2,1-3H3,(H,16,17). The van der Waals surface area contributed by atoms with Crippen molar-refractivity contribution in [2.45, 2.75) is 37.2 Å². The maximum absolute atomic E-state index is 12.0. The smallest absolute Gasteiger partial charge is 0.316 e. The Hall–Kier alpha value is -1.01. The molecule has 0 saturated carbocycles. The van der Waals surface area contributed by atoms with E-state index in [1.54, 1.807) is 20.8 Å². The van der Waals surface area contributed by atoms with Crippen molar-refractivity contribution in [3.8, 4) is 0 Å². The molecule has 1 aromatic carbocycles. The molecule has 0 amide bonds. The summed E-state index contributed by atoms with van der Waals surface area (Å²) in [6, 6.07) is 9.36. The van der Waals surface area contributed by atoms with E-state index in [-0.39, 0.29) is 5.75 Å². The molecule has 0 aromatic heterocycles. The van der Waals surface area contributed by atoms with Gasteiger partial charge < -0.3 is 5.11 Å². The highest BCUT2D eigenvalue weighted by molar-refractivity contribution is 8.02. The van der Waals surface area contributed by atoms with Crippen molar-refractivity contribution >= 4 is 27.6 Å². The first-order valence-electron chi connectivity index (χ1n) is 6.74. The summed E-state index contributed by atoms with van der Waals surface area (Å²) in [4.78, 5) is 11.3. The number of carboxylic acid groups (broad SMARTS) is 1. The minimum atomic E-state index is -3.21. The van der Waals surface area contributed by atoms with Crippen LogP contribution in [-0.2, 0) is 21.1 Å². The number of carbonyl (C=O) groups is 1. The average molecular weight is 330 g/mol. The SMILES string of the molecule is CC(C)(C)S(=O)(=O)CCSC(Cc1ccccc1)C(=O)O. The Kier molecular flexibility index (Phi) is 6.28. The number of rotatable bonds is 7. The van der Waals surface area contributed by atoms with Crippen LogP contribution in [0.2, 0.25) is 0 Å². The molecule has 118 valence electrons. The second kappa shape index (κ2) is 7.31. The molecule has 0 aliphatic heterocycles. The Morgan fingerprint density at radius 2 is 1.81 bits per heavy atom. The summed E-state index contributed by atoms with van der Waals surface area (Å²) in [6.07, 6.45) is 0.399. The number of hydrogen-bond acceptors (Lipinski definition) is 4. The zero-order chi connectivity index (χ0) is 16.1. The third kappa shape index (κ3) is 5.71. The Labute approximate surface area is 130 Å². The molecule has 4 nitrogen and oxygen atoms in total. The molecular weight excluding hydrogens is 308 g/mol. The monoisotopic (exact) mass is 330 g/mol. The lowest BCUT2D eigenvalue weighted by Gasteiger charge is -2.19. The van der Waals surface area contributed by atoms with Gasteiger partial charge in [-0.3, -0.25) is 4.79 Å². The quantitative estimate of drug-likeness (QED) is 0.832. The van der Waals surface area contributed by atoms with Gasteiger partial charge in [-0.25, -0.2) is 8.42 Å². The second-order valence-electron chi connectivity index (χ2n) is 5.82. The Morgan fingerprint density at radius 1 is 1.24 bits per heavy atom. The van der Waals surface area contributed by atoms with E-state index in [1.165, 1.54) is 11.8 Å². The Bertz CT molecular complexity index is 559. The molecule has 0 aliphatic carbocycles. The van der Waals surface area contributed by atoms with Crippen LogP contribution in [0.15, 0.2) is 30.3 Å². The maximum atomic E-state index is 12.0. The predicted octanol–water partition coefficient (Wildman–Crippen LogP) is 2.63. The Morgan fingerprint density at radius 3 is 2.29 bits per heavy atom. The van der Waals surface area contributed by atoms with Crippen LogP contribution in [0.3, 0.4) is 0 Å². The van der Waals surface area contributed by atoms with E-state index < -0.39 is 25.8 Å². The molecule has 1 N–H and O–H groups in total. The largest absolute Gasteiger partial charge is 0.480 e. The molecule has 1 aromatic rings. The first-order chi connectivity index (χ1) is 9.63. The number of sulfone groups is 1. The molecule has 1 unspecified atom stereocenters. The molecule has 21 heavy (non-hydrogen) atoms. The zero-order valence-corrected chi connectivity index (χ0v) is 14.2. The first-order valence-corrected chi connectivity index (χ1v) is 9.44. The van der Waals surface area contributed by atoms with Gasteiger partial charge in [0.15, 0.2) is 9.84 Å².